The number of hydrogen-bond acceptors (Lipinski definition) is 2. The summed E-state index contributed by atoms with van der Waals surface area (Å²) in [7, 11) is 0. The van der Waals surface area contributed by atoms with E-state index in [0.29, 0.717) is 0 Å². The number of rotatable bonds is 3. The van der Waals surface area contributed by atoms with Crippen molar-refractivity contribution in [3.05, 3.63) is 63.9 Å². The number of benzene rings is 1. The number of aryl methyl sites for hydroxylation is 1. The molecule has 2 N–H and O–H groups in total. The molecule has 0 aliphatic rings. The lowest BCUT2D eigenvalue weighted by atomic mass is 10.0. The third-order valence-electron chi connectivity index (χ3n) is 2.68. The van der Waals surface area contributed by atoms with Gasteiger partial charge in [0.15, 0.2) is 0 Å². The number of aromatic nitrogens is 1. The Morgan fingerprint density at radius 1 is 1.29 bits per heavy atom. The van der Waals surface area contributed by atoms with Gasteiger partial charge in [0.2, 0.25) is 0 Å². The molecule has 1 unspecified atom stereocenters. The summed E-state index contributed by atoms with van der Waals surface area (Å²) >= 11 is 3.48. The molecular formula is C14H15BrN2. The molecule has 0 saturated carbocycles. The van der Waals surface area contributed by atoms with Crippen molar-refractivity contribution in [2.75, 3.05) is 0 Å². The molecule has 17 heavy (non-hydrogen) atoms. The largest absolute Gasteiger partial charge is 0.322 e. The van der Waals surface area contributed by atoms with E-state index >= 15 is 0 Å². The van der Waals surface area contributed by atoms with Gasteiger partial charge >= 0.3 is 0 Å². The van der Waals surface area contributed by atoms with E-state index in [1.54, 1.807) is 6.20 Å². The molecule has 1 aromatic carbocycles. The highest BCUT2D eigenvalue weighted by Gasteiger charge is 2.11. The summed E-state index contributed by atoms with van der Waals surface area (Å²) in [6.45, 7) is 2.09. The van der Waals surface area contributed by atoms with E-state index in [-0.39, 0.29) is 6.04 Å². The molecule has 0 aliphatic carbocycles. The first-order valence-electron chi connectivity index (χ1n) is 5.58. The van der Waals surface area contributed by atoms with Crippen LogP contribution in [-0.4, -0.2) is 4.98 Å². The van der Waals surface area contributed by atoms with Gasteiger partial charge in [-0.05, 0) is 47.0 Å². The van der Waals surface area contributed by atoms with Crippen molar-refractivity contribution in [2.45, 2.75) is 19.4 Å². The number of nitrogens with zero attached hydrogens (tertiary/aromatic N) is 1. The monoisotopic (exact) mass is 290 g/mol. The first kappa shape index (κ1) is 12.3. The maximum Gasteiger partial charge on any atom is 0.0716 e. The molecule has 2 aromatic rings. The number of pyridine rings is 1. The third-order valence-corrected chi connectivity index (χ3v) is 3.35. The molecule has 3 heteroatoms. The molecule has 88 valence electrons. The van der Waals surface area contributed by atoms with Crippen molar-refractivity contribution in [3.63, 3.8) is 0 Å². The Balaban J connectivity index is 2.17. The van der Waals surface area contributed by atoms with Crippen molar-refractivity contribution in [1.82, 2.24) is 4.98 Å². The Morgan fingerprint density at radius 2 is 2.12 bits per heavy atom. The minimum Gasteiger partial charge on any atom is -0.322 e. The Bertz CT molecular complexity index is 511. The Hall–Kier alpha value is -1.19. The fraction of sp³-hybridized carbons (Fsp3) is 0.214. The van der Waals surface area contributed by atoms with Gasteiger partial charge in [-0.2, -0.15) is 0 Å². The molecule has 0 bridgehead atoms. The SMILES string of the molecule is Cc1cccc(CC(N)c2ncccc2Br)c1. The summed E-state index contributed by atoms with van der Waals surface area (Å²) in [6, 6.07) is 12.2. The topological polar surface area (TPSA) is 38.9 Å². The van der Waals surface area contributed by atoms with E-state index in [1.165, 1.54) is 11.1 Å². The van der Waals surface area contributed by atoms with Crippen LogP contribution >= 0.6 is 15.9 Å². The van der Waals surface area contributed by atoms with E-state index in [9.17, 15) is 0 Å². The summed E-state index contributed by atoms with van der Waals surface area (Å²) in [5.74, 6) is 0. The highest BCUT2D eigenvalue weighted by Crippen LogP contribution is 2.22. The van der Waals surface area contributed by atoms with Crippen LogP contribution in [0.2, 0.25) is 0 Å². The number of halogens is 1. The van der Waals surface area contributed by atoms with E-state index in [4.69, 9.17) is 5.73 Å². The van der Waals surface area contributed by atoms with Gasteiger partial charge in [-0.25, -0.2) is 0 Å². The fourth-order valence-electron chi connectivity index (χ4n) is 1.86. The van der Waals surface area contributed by atoms with Gasteiger partial charge in [0.1, 0.15) is 0 Å². The quantitative estimate of drug-likeness (QED) is 0.941. The minimum absolute atomic E-state index is 0.0765. The smallest absolute Gasteiger partial charge is 0.0716 e. The molecule has 0 fully saturated rings. The molecular weight excluding hydrogens is 276 g/mol. The van der Waals surface area contributed by atoms with Gasteiger partial charge in [0, 0.05) is 10.7 Å². The van der Waals surface area contributed by atoms with Gasteiger partial charge in [-0.15, -0.1) is 0 Å². The van der Waals surface area contributed by atoms with Crippen molar-refractivity contribution in [3.8, 4) is 0 Å². The molecule has 1 aromatic heterocycles. The van der Waals surface area contributed by atoms with Crippen molar-refractivity contribution in [1.29, 1.82) is 0 Å². The first-order chi connectivity index (χ1) is 8.16. The maximum atomic E-state index is 6.19. The lowest BCUT2D eigenvalue weighted by Crippen LogP contribution is -2.15. The summed E-state index contributed by atoms with van der Waals surface area (Å²) in [6.07, 6.45) is 2.58. The van der Waals surface area contributed by atoms with E-state index in [0.717, 1.165) is 16.6 Å². The molecule has 0 amide bonds. The summed E-state index contributed by atoms with van der Waals surface area (Å²) < 4.78 is 0.972. The molecule has 1 atom stereocenters. The summed E-state index contributed by atoms with van der Waals surface area (Å²) in [5, 5.41) is 0. The third kappa shape index (κ3) is 3.14. The summed E-state index contributed by atoms with van der Waals surface area (Å²) in [4.78, 5) is 4.32. The molecule has 0 saturated heterocycles. The lowest BCUT2D eigenvalue weighted by molar-refractivity contribution is 0.692. The van der Waals surface area contributed by atoms with E-state index in [1.807, 2.05) is 12.1 Å². The predicted octanol–water partition coefficient (Wildman–Crippen LogP) is 3.40. The average molecular weight is 291 g/mol. The number of nitrogens with two attached hydrogens (primary N) is 1. The van der Waals surface area contributed by atoms with Crippen LogP contribution in [0.1, 0.15) is 22.9 Å². The van der Waals surface area contributed by atoms with E-state index in [2.05, 4.69) is 52.1 Å². The molecule has 2 rings (SSSR count). The first-order valence-corrected chi connectivity index (χ1v) is 6.37. The van der Waals surface area contributed by atoms with Crippen molar-refractivity contribution < 1.29 is 0 Å². The van der Waals surface area contributed by atoms with Gasteiger partial charge in [0.05, 0.1) is 11.7 Å². The van der Waals surface area contributed by atoms with Crippen LogP contribution < -0.4 is 5.73 Å². The second-order valence-corrected chi connectivity index (χ2v) is 5.02. The van der Waals surface area contributed by atoms with Crippen LogP contribution in [0.15, 0.2) is 47.1 Å². The van der Waals surface area contributed by atoms with Gasteiger partial charge < -0.3 is 5.73 Å². The maximum absolute atomic E-state index is 6.19. The molecule has 2 nitrogen and oxygen atoms in total. The minimum atomic E-state index is -0.0765. The highest BCUT2D eigenvalue weighted by molar-refractivity contribution is 9.10. The normalized spacial score (nSPS) is 12.4. The van der Waals surface area contributed by atoms with Crippen LogP contribution in [0.5, 0.6) is 0 Å². The second kappa shape index (κ2) is 5.43. The second-order valence-electron chi connectivity index (χ2n) is 4.17. The van der Waals surface area contributed by atoms with Gasteiger partial charge in [-0.1, -0.05) is 29.8 Å². The zero-order chi connectivity index (χ0) is 12.3. The molecule has 0 aliphatic heterocycles. The Labute approximate surface area is 110 Å². The molecule has 0 spiro atoms. The fourth-order valence-corrected chi connectivity index (χ4v) is 2.41. The standard InChI is InChI=1S/C14H15BrN2/c1-10-4-2-5-11(8-10)9-13(16)14-12(15)6-3-7-17-14/h2-8,13H,9,16H2,1H3. The molecule has 0 radical (unpaired) electrons. The van der Waals surface area contributed by atoms with Crippen LogP contribution in [0.4, 0.5) is 0 Å². The van der Waals surface area contributed by atoms with E-state index < -0.39 is 0 Å². The van der Waals surface area contributed by atoms with Gasteiger partial charge in [-0.3, -0.25) is 4.98 Å². The average Bonchev–Trinajstić information content (AvgIpc) is 2.29. The number of hydrogen-bond donors (Lipinski definition) is 1. The zero-order valence-electron chi connectivity index (χ0n) is 9.73. The van der Waals surface area contributed by atoms with Crippen molar-refractivity contribution >= 4 is 15.9 Å². The Morgan fingerprint density at radius 3 is 2.82 bits per heavy atom. The van der Waals surface area contributed by atoms with Gasteiger partial charge in [0.25, 0.3) is 0 Å². The van der Waals surface area contributed by atoms with Crippen LogP contribution in [-0.2, 0) is 6.42 Å². The van der Waals surface area contributed by atoms with Crippen LogP contribution in [0, 0.1) is 6.92 Å². The zero-order valence-corrected chi connectivity index (χ0v) is 11.3. The predicted molar refractivity (Wildman–Crippen MR) is 73.7 cm³/mol. The van der Waals surface area contributed by atoms with Crippen molar-refractivity contribution in [2.24, 2.45) is 5.73 Å². The van der Waals surface area contributed by atoms with Crippen LogP contribution in [0.25, 0.3) is 0 Å². The summed E-state index contributed by atoms with van der Waals surface area (Å²) in [5.41, 5.74) is 9.60. The Kier molecular flexibility index (Phi) is 3.92. The molecule has 1 heterocycles. The van der Waals surface area contributed by atoms with Crippen LogP contribution in [0.3, 0.4) is 0 Å². The lowest BCUT2D eigenvalue weighted by Gasteiger charge is -2.13. The highest BCUT2D eigenvalue weighted by atomic mass is 79.9.